The van der Waals surface area contributed by atoms with Gasteiger partial charge in [-0.2, -0.15) is 0 Å². The number of nitrogens with zero attached hydrogens (tertiary/aromatic N) is 1. The summed E-state index contributed by atoms with van der Waals surface area (Å²) in [7, 11) is 3.23. The first kappa shape index (κ1) is 19.2. The van der Waals surface area contributed by atoms with Gasteiger partial charge in [-0.25, -0.2) is 0 Å². The van der Waals surface area contributed by atoms with Gasteiger partial charge in [0.15, 0.2) is 0 Å². The van der Waals surface area contributed by atoms with Crippen molar-refractivity contribution in [2.75, 3.05) is 14.2 Å². The van der Waals surface area contributed by atoms with Crippen molar-refractivity contribution < 1.29 is 14.3 Å². The Balaban J connectivity index is 1.80. The minimum atomic E-state index is -0.0401. The number of amides is 1. The largest absolute Gasteiger partial charge is 0.497 e. The quantitative estimate of drug-likeness (QED) is 0.497. The summed E-state index contributed by atoms with van der Waals surface area (Å²) >= 11 is 3.31. The molecule has 0 saturated carbocycles. The van der Waals surface area contributed by atoms with Gasteiger partial charge in [-0.05, 0) is 47.2 Å². The van der Waals surface area contributed by atoms with E-state index in [2.05, 4.69) is 0 Å². The molecule has 4 nitrogen and oxygen atoms in total. The van der Waals surface area contributed by atoms with Gasteiger partial charge in [-0.1, -0.05) is 12.1 Å². The second-order valence-electron chi connectivity index (χ2n) is 5.79. The van der Waals surface area contributed by atoms with E-state index >= 15 is 0 Å². The number of benzene rings is 1. The molecule has 0 N–H and O–H groups in total. The van der Waals surface area contributed by atoms with Crippen LogP contribution in [0.2, 0.25) is 0 Å². The zero-order valence-electron chi connectivity index (χ0n) is 15.3. The van der Waals surface area contributed by atoms with Crippen LogP contribution in [-0.2, 0) is 17.9 Å². The van der Waals surface area contributed by atoms with Gasteiger partial charge in [-0.15, -0.1) is 22.7 Å². The lowest BCUT2D eigenvalue weighted by Crippen LogP contribution is -2.27. The van der Waals surface area contributed by atoms with Crippen molar-refractivity contribution in [3.8, 4) is 11.5 Å². The van der Waals surface area contributed by atoms with Gasteiger partial charge in [0.2, 0.25) is 5.91 Å². The van der Waals surface area contributed by atoms with Crippen molar-refractivity contribution in [2.24, 2.45) is 0 Å². The summed E-state index contributed by atoms with van der Waals surface area (Å²) in [4.78, 5) is 17.1. The van der Waals surface area contributed by atoms with Gasteiger partial charge < -0.3 is 14.4 Å². The van der Waals surface area contributed by atoms with Crippen LogP contribution < -0.4 is 9.47 Å². The van der Waals surface area contributed by atoms with E-state index < -0.39 is 0 Å². The third-order valence-electron chi connectivity index (χ3n) is 4.01. The summed E-state index contributed by atoms with van der Waals surface area (Å²) in [5.41, 5.74) is 0.803. The highest BCUT2D eigenvalue weighted by molar-refractivity contribution is 7.10. The standard InChI is InChI=1S/C21H21NO3S2/c1-24-17-8-9-20(25-2)16(13-17)7-10-21(23)22(14-18-5-3-11-26-18)15-19-6-4-12-27-19/h3-13H,14-15H2,1-2H3. The molecule has 1 aromatic carbocycles. The minimum Gasteiger partial charge on any atom is -0.497 e. The summed E-state index contributed by atoms with van der Waals surface area (Å²) in [6, 6.07) is 13.6. The van der Waals surface area contributed by atoms with Gasteiger partial charge in [0.25, 0.3) is 0 Å². The maximum atomic E-state index is 12.9. The molecule has 0 aliphatic carbocycles. The number of ether oxygens (including phenoxy) is 2. The van der Waals surface area contributed by atoms with Gasteiger partial charge in [0.05, 0.1) is 27.3 Å². The Morgan fingerprint density at radius 2 is 1.67 bits per heavy atom. The molecular weight excluding hydrogens is 378 g/mol. The van der Waals surface area contributed by atoms with Crippen LogP contribution in [0.1, 0.15) is 15.3 Å². The average Bonchev–Trinajstić information content (AvgIpc) is 3.39. The SMILES string of the molecule is COc1ccc(OC)c(C=CC(=O)N(Cc2cccs2)Cc2cccs2)c1. The molecule has 0 radical (unpaired) electrons. The summed E-state index contributed by atoms with van der Waals surface area (Å²) in [5.74, 6) is 1.38. The number of methoxy groups -OCH3 is 2. The Morgan fingerprint density at radius 1 is 1.00 bits per heavy atom. The molecule has 0 saturated heterocycles. The number of hydrogen-bond donors (Lipinski definition) is 0. The van der Waals surface area contributed by atoms with Crippen LogP contribution in [0.4, 0.5) is 0 Å². The normalized spacial score (nSPS) is 10.9. The number of hydrogen-bond acceptors (Lipinski definition) is 5. The Labute approximate surface area is 167 Å². The van der Waals surface area contributed by atoms with Gasteiger partial charge >= 0.3 is 0 Å². The van der Waals surface area contributed by atoms with Crippen molar-refractivity contribution in [1.29, 1.82) is 0 Å². The minimum absolute atomic E-state index is 0.0401. The molecule has 140 valence electrons. The van der Waals surface area contributed by atoms with Crippen molar-refractivity contribution in [3.63, 3.8) is 0 Å². The number of thiophene rings is 2. The van der Waals surface area contributed by atoms with Crippen LogP contribution in [0.5, 0.6) is 11.5 Å². The first-order chi connectivity index (χ1) is 13.2. The Bertz CT molecular complexity index is 850. The van der Waals surface area contributed by atoms with Crippen LogP contribution >= 0.6 is 22.7 Å². The predicted octanol–water partition coefficient (Wildman–Crippen LogP) is 5.07. The van der Waals surface area contributed by atoms with Gasteiger partial charge in [0.1, 0.15) is 11.5 Å². The van der Waals surface area contributed by atoms with E-state index in [-0.39, 0.29) is 5.91 Å². The average molecular weight is 400 g/mol. The fourth-order valence-corrected chi connectivity index (χ4v) is 4.07. The van der Waals surface area contributed by atoms with Crippen molar-refractivity contribution in [3.05, 3.63) is 74.6 Å². The van der Waals surface area contributed by atoms with E-state index in [4.69, 9.17) is 9.47 Å². The topological polar surface area (TPSA) is 38.8 Å². The molecule has 0 spiro atoms. The maximum Gasteiger partial charge on any atom is 0.247 e. The molecule has 2 heterocycles. The number of carbonyl (C=O) groups excluding carboxylic acids is 1. The Morgan fingerprint density at radius 3 is 2.19 bits per heavy atom. The summed E-state index contributed by atoms with van der Waals surface area (Å²) in [5, 5.41) is 4.06. The summed E-state index contributed by atoms with van der Waals surface area (Å²) < 4.78 is 10.6. The molecule has 0 atom stereocenters. The van der Waals surface area contributed by atoms with Crippen LogP contribution in [0.15, 0.2) is 59.3 Å². The van der Waals surface area contributed by atoms with Crippen molar-refractivity contribution >= 4 is 34.7 Å². The highest BCUT2D eigenvalue weighted by Crippen LogP contribution is 2.25. The molecule has 0 unspecified atom stereocenters. The van der Waals surface area contributed by atoms with Crippen LogP contribution in [0.3, 0.4) is 0 Å². The van der Waals surface area contributed by atoms with Crippen molar-refractivity contribution in [1.82, 2.24) is 4.90 Å². The predicted molar refractivity (Wildman–Crippen MR) is 111 cm³/mol. The first-order valence-electron chi connectivity index (χ1n) is 8.43. The zero-order chi connectivity index (χ0) is 19.1. The van der Waals surface area contributed by atoms with Gasteiger partial charge in [0, 0.05) is 21.4 Å². The molecule has 0 aliphatic heterocycles. The lowest BCUT2D eigenvalue weighted by molar-refractivity contribution is -0.127. The molecule has 0 fully saturated rings. The van der Waals surface area contributed by atoms with Crippen LogP contribution in [0, 0.1) is 0 Å². The lowest BCUT2D eigenvalue weighted by Gasteiger charge is -2.20. The van der Waals surface area contributed by atoms with E-state index in [0.29, 0.717) is 18.8 Å². The summed E-state index contributed by atoms with van der Waals surface area (Å²) in [6.07, 6.45) is 3.37. The molecular formula is C21H21NO3S2. The maximum absolute atomic E-state index is 12.9. The van der Waals surface area contributed by atoms with Gasteiger partial charge in [-0.3, -0.25) is 4.79 Å². The Hall–Kier alpha value is -2.57. The fourth-order valence-electron chi connectivity index (χ4n) is 2.63. The molecule has 6 heteroatoms. The molecule has 2 aromatic heterocycles. The second-order valence-corrected chi connectivity index (χ2v) is 7.86. The van der Waals surface area contributed by atoms with E-state index in [9.17, 15) is 4.79 Å². The monoisotopic (exact) mass is 399 g/mol. The molecule has 1 amide bonds. The summed E-state index contributed by atoms with van der Waals surface area (Å²) in [6.45, 7) is 1.18. The van der Waals surface area contributed by atoms with E-state index in [1.807, 2.05) is 58.1 Å². The molecule has 3 rings (SSSR count). The third-order valence-corrected chi connectivity index (χ3v) is 5.73. The highest BCUT2D eigenvalue weighted by Gasteiger charge is 2.14. The Kier molecular flexibility index (Phi) is 6.68. The van der Waals surface area contributed by atoms with E-state index in [1.54, 1.807) is 49.0 Å². The third kappa shape index (κ3) is 5.21. The zero-order valence-corrected chi connectivity index (χ0v) is 16.9. The number of rotatable bonds is 8. The van der Waals surface area contributed by atoms with E-state index in [0.717, 1.165) is 21.1 Å². The molecule has 27 heavy (non-hydrogen) atoms. The fraction of sp³-hybridized carbons (Fsp3) is 0.190. The second kappa shape index (κ2) is 9.39. The molecule has 0 aliphatic rings. The van der Waals surface area contributed by atoms with Crippen LogP contribution in [-0.4, -0.2) is 25.0 Å². The highest BCUT2D eigenvalue weighted by atomic mass is 32.1. The number of carbonyl (C=O) groups is 1. The first-order valence-corrected chi connectivity index (χ1v) is 10.2. The smallest absolute Gasteiger partial charge is 0.247 e. The van der Waals surface area contributed by atoms with E-state index in [1.165, 1.54) is 0 Å². The molecule has 3 aromatic rings. The van der Waals surface area contributed by atoms with Crippen LogP contribution in [0.25, 0.3) is 6.08 Å². The van der Waals surface area contributed by atoms with Crippen molar-refractivity contribution in [2.45, 2.75) is 13.1 Å². The lowest BCUT2D eigenvalue weighted by atomic mass is 10.1. The molecule has 0 bridgehead atoms.